The Morgan fingerprint density at radius 1 is 1.58 bits per heavy atom. The number of methoxy groups -OCH3 is 1. The van der Waals surface area contributed by atoms with Crippen molar-refractivity contribution in [2.24, 2.45) is 5.41 Å². The molecule has 5 nitrogen and oxygen atoms in total. The smallest absolute Gasteiger partial charge is 0.316 e. The summed E-state index contributed by atoms with van der Waals surface area (Å²) in [6.07, 6.45) is 0. The molecule has 0 aliphatic carbocycles. The summed E-state index contributed by atoms with van der Waals surface area (Å²) < 4.78 is 11.3. The first-order chi connectivity index (χ1) is 9.05. The molecule has 1 aromatic rings. The van der Waals surface area contributed by atoms with E-state index in [4.69, 9.17) is 9.47 Å². The number of aliphatic carboxylic acids is 1. The Morgan fingerprint density at radius 2 is 2.26 bits per heavy atom. The van der Waals surface area contributed by atoms with E-state index in [1.807, 2.05) is 18.2 Å². The Bertz CT molecular complexity index is 488. The van der Waals surface area contributed by atoms with Gasteiger partial charge in [-0.1, -0.05) is 15.9 Å². The van der Waals surface area contributed by atoms with E-state index >= 15 is 0 Å². The quantitative estimate of drug-likeness (QED) is 0.862. The van der Waals surface area contributed by atoms with Crippen LogP contribution >= 0.6 is 15.9 Å². The second-order valence-electron chi connectivity index (χ2n) is 4.56. The van der Waals surface area contributed by atoms with Crippen LogP contribution in [-0.4, -0.2) is 38.4 Å². The Hall–Kier alpha value is -1.11. The van der Waals surface area contributed by atoms with Gasteiger partial charge in [-0.3, -0.25) is 4.79 Å². The fraction of sp³-hybridized carbons (Fsp3) is 0.462. The van der Waals surface area contributed by atoms with Gasteiger partial charge in [-0.25, -0.2) is 0 Å². The highest BCUT2D eigenvalue weighted by Crippen LogP contribution is 2.44. The van der Waals surface area contributed by atoms with Gasteiger partial charge in [-0.2, -0.15) is 0 Å². The van der Waals surface area contributed by atoms with E-state index in [1.54, 1.807) is 14.2 Å². The number of halogens is 1. The molecule has 0 aromatic heterocycles. The largest absolute Gasteiger partial charge is 0.496 e. The maximum Gasteiger partial charge on any atom is 0.316 e. The first kappa shape index (κ1) is 14.3. The van der Waals surface area contributed by atoms with E-state index in [-0.39, 0.29) is 19.3 Å². The van der Waals surface area contributed by atoms with Gasteiger partial charge in [0.25, 0.3) is 0 Å². The lowest BCUT2D eigenvalue weighted by Gasteiger charge is -2.43. The average Bonchev–Trinajstić information content (AvgIpc) is 2.32. The Morgan fingerprint density at radius 3 is 2.68 bits per heavy atom. The Balaban J connectivity index is 2.47. The normalized spacial score (nSPS) is 18.5. The van der Waals surface area contributed by atoms with Crippen LogP contribution in [0.5, 0.6) is 5.75 Å². The standard InChI is InChI=1S/C13H16BrNO4/c1-15-11(13(12(16)17)6-19-7-13)9-5-8(14)3-4-10(9)18-2/h3-5,11,15H,6-7H2,1-2H3,(H,16,17). The minimum Gasteiger partial charge on any atom is -0.496 e. The van der Waals surface area contributed by atoms with E-state index in [0.717, 1.165) is 10.0 Å². The van der Waals surface area contributed by atoms with Gasteiger partial charge >= 0.3 is 5.97 Å². The summed E-state index contributed by atoms with van der Waals surface area (Å²) in [5, 5.41) is 12.6. The molecular weight excluding hydrogens is 314 g/mol. The molecule has 0 radical (unpaired) electrons. The highest BCUT2D eigenvalue weighted by atomic mass is 79.9. The van der Waals surface area contributed by atoms with E-state index in [9.17, 15) is 9.90 Å². The number of carbonyl (C=O) groups is 1. The second kappa shape index (κ2) is 5.48. The highest BCUT2D eigenvalue weighted by Gasteiger charge is 2.53. The fourth-order valence-electron chi connectivity index (χ4n) is 2.40. The lowest BCUT2D eigenvalue weighted by Crippen LogP contribution is -2.56. The third kappa shape index (κ3) is 2.35. The summed E-state index contributed by atoms with van der Waals surface area (Å²) in [6.45, 7) is 0.396. The van der Waals surface area contributed by atoms with Crippen molar-refractivity contribution in [2.45, 2.75) is 6.04 Å². The number of hydrogen-bond donors (Lipinski definition) is 2. The molecule has 1 atom stereocenters. The minimum absolute atomic E-state index is 0.198. The van der Waals surface area contributed by atoms with Crippen LogP contribution in [0.15, 0.2) is 22.7 Å². The van der Waals surface area contributed by atoms with Crippen LogP contribution in [0, 0.1) is 5.41 Å². The lowest BCUT2D eigenvalue weighted by atomic mass is 9.75. The van der Waals surface area contributed by atoms with Gasteiger partial charge in [0.2, 0.25) is 0 Å². The van der Waals surface area contributed by atoms with Gasteiger partial charge in [0.05, 0.1) is 26.4 Å². The van der Waals surface area contributed by atoms with Crippen molar-refractivity contribution in [3.05, 3.63) is 28.2 Å². The van der Waals surface area contributed by atoms with E-state index in [1.165, 1.54) is 0 Å². The zero-order chi connectivity index (χ0) is 14.0. The van der Waals surface area contributed by atoms with Crippen LogP contribution in [0.25, 0.3) is 0 Å². The van der Waals surface area contributed by atoms with Crippen molar-refractivity contribution in [3.63, 3.8) is 0 Å². The maximum atomic E-state index is 11.6. The van der Waals surface area contributed by atoms with E-state index in [0.29, 0.717) is 5.75 Å². The molecule has 0 amide bonds. The zero-order valence-corrected chi connectivity index (χ0v) is 12.4. The Labute approximate surface area is 120 Å². The summed E-state index contributed by atoms with van der Waals surface area (Å²) >= 11 is 3.40. The summed E-state index contributed by atoms with van der Waals surface area (Å²) in [5.41, 5.74) is -0.131. The van der Waals surface area contributed by atoms with Gasteiger partial charge in [-0.05, 0) is 25.2 Å². The topological polar surface area (TPSA) is 67.8 Å². The van der Waals surface area contributed by atoms with Crippen LogP contribution in [0.3, 0.4) is 0 Å². The fourth-order valence-corrected chi connectivity index (χ4v) is 2.77. The first-order valence-electron chi connectivity index (χ1n) is 5.87. The molecule has 1 saturated heterocycles. The molecule has 104 valence electrons. The molecule has 2 N–H and O–H groups in total. The number of rotatable bonds is 5. The van der Waals surface area contributed by atoms with Crippen molar-refractivity contribution in [1.82, 2.24) is 5.32 Å². The summed E-state index contributed by atoms with van der Waals surface area (Å²) in [5.74, 6) is -0.199. The van der Waals surface area contributed by atoms with Crippen LogP contribution in [-0.2, 0) is 9.53 Å². The van der Waals surface area contributed by atoms with Crippen molar-refractivity contribution >= 4 is 21.9 Å². The van der Waals surface area contributed by atoms with Crippen molar-refractivity contribution in [2.75, 3.05) is 27.4 Å². The number of nitrogens with one attached hydrogen (secondary N) is 1. The molecule has 0 saturated carbocycles. The predicted octanol–water partition coefficient (Wildman–Crippen LogP) is 1.82. The number of carboxylic acids is 1. The number of hydrogen-bond acceptors (Lipinski definition) is 4. The SMILES string of the molecule is CNC(c1cc(Br)ccc1OC)C1(C(=O)O)COC1. The summed E-state index contributed by atoms with van der Waals surface area (Å²) in [4.78, 5) is 11.6. The van der Waals surface area contributed by atoms with Gasteiger partial charge in [0.1, 0.15) is 11.2 Å². The van der Waals surface area contributed by atoms with Crippen LogP contribution in [0.2, 0.25) is 0 Å². The second-order valence-corrected chi connectivity index (χ2v) is 5.48. The van der Waals surface area contributed by atoms with Crippen LogP contribution < -0.4 is 10.1 Å². The van der Waals surface area contributed by atoms with Gasteiger partial charge < -0.3 is 19.9 Å². The first-order valence-corrected chi connectivity index (χ1v) is 6.66. The predicted molar refractivity (Wildman–Crippen MR) is 73.4 cm³/mol. The molecule has 1 heterocycles. The number of benzene rings is 1. The van der Waals surface area contributed by atoms with Gasteiger partial charge in [-0.15, -0.1) is 0 Å². The minimum atomic E-state index is -0.942. The third-order valence-corrected chi connectivity index (χ3v) is 3.98. The zero-order valence-electron chi connectivity index (χ0n) is 10.8. The maximum absolute atomic E-state index is 11.6. The number of carboxylic acid groups (broad SMARTS) is 1. The molecule has 19 heavy (non-hydrogen) atoms. The summed E-state index contributed by atoms with van der Waals surface area (Å²) in [6, 6.07) is 5.19. The van der Waals surface area contributed by atoms with Gasteiger partial charge in [0, 0.05) is 10.0 Å². The van der Waals surface area contributed by atoms with Crippen LogP contribution in [0.1, 0.15) is 11.6 Å². The molecule has 0 bridgehead atoms. The highest BCUT2D eigenvalue weighted by molar-refractivity contribution is 9.10. The third-order valence-electron chi connectivity index (χ3n) is 3.49. The van der Waals surface area contributed by atoms with Crippen molar-refractivity contribution in [3.8, 4) is 5.75 Å². The molecule has 1 aliphatic rings. The lowest BCUT2D eigenvalue weighted by molar-refractivity contribution is -0.186. The molecule has 1 aromatic carbocycles. The average molecular weight is 330 g/mol. The van der Waals surface area contributed by atoms with Crippen molar-refractivity contribution in [1.29, 1.82) is 0 Å². The monoisotopic (exact) mass is 329 g/mol. The van der Waals surface area contributed by atoms with E-state index < -0.39 is 11.4 Å². The molecule has 2 rings (SSSR count). The Kier molecular flexibility index (Phi) is 4.13. The van der Waals surface area contributed by atoms with Gasteiger partial charge in [0.15, 0.2) is 0 Å². The summed E-state index contributed by atoms with van der Waals surface area (Å²) in [7, 11) is 3.32. The molecule has 1 unspecified atom stereocenters. The van der Waals surface area contributed by atoms with Crippen molar-refractivity contribution < 1.29 is 19.4 Å². The molecule has 1 fully saturated rings. The molecule has 1 aliphatic heterocycles. The molecule has 0 spiro atoms. The molecular formula is C13H16BrNO4. The molecule has 6 heteroatoms. The number of ether oxygens (including phenoxy) is 2. The van der Waals surface area contributed by atoms with E-state index in [2.05, 4.69) is 21.2 Å². The van der Waals surface area contributed by atoms with Crippen LogP contribution in [0.4, 0.5) is 0 Å².